The summed E-state index contributed by atoms with van der Waals surface area (Å²) in [5.74, 6) is -0.944. The molecule has 0 atom stereocenters. The minimum Gasteiger partial charge on any atom is -0.465 e. The van der Waals surface area contributed by atoms with Crippen LogP contribution in [0.5, 0.6) is 0 Å². The molecule has 3 rings (SSSR count). The number of ether oxygens (including phenoxy) is 1. The molecule has 0 saturated carbocycles. The minimum absolute atomic E-state index is 0.0653. The SMILES string of the molecule is CCOC(=O)Cn1c(=NC(=O)c2ccc(S(=O)(=O)N(C)C(C)C)cc2)sc2cc(CC)ccc21. The summed E-state index contributed by atoms with van der Waals surface area (Å²) in [5, 5.41) is 0. The third kappa shape index (κ3) is 5.45. The second-order valence-electron chi connectivity index (χ2n) is 7.99. The molecule has 1 heterocycles. The lowest BCUT2D eigenvalue weighted by molar-refractivity contribution is -0.143. The van der Waals surface area contributed by atoms with Crippen LogP contribution in [0, 0.1) is 0 Å². The maximum atomic E-state index is 12.9. The molecule has 182 valence electrons. The van der Waals surface area contributed by atoms with Gasteiger partial charge >= 0.3 is 5.97 Å². The number of aromatic nitrogens is 1. The molecular formula is C24H29N3O5S2. The van der Waals surface area contributed by atoms with Gasteiger partial charge in [-0.05, 0) is 69.2 Å². The molecule has 0 saturated heterocycles. The zero-order chi connectivity index (χ0) is 25.0. The van der Waals surface area contributed by atoms with E-state index in [1.807, 2.05) is 18.2 Å². The average Bonchev–Trinajstić information content (AvgIpc) is 3.14. The standard InChI is InChI=1S/C24H29N3O5S2/c1-6-17-8-13-20-21(14-17)33-24(27(20)15-22(28)32-7-2)25-23(29)18-9-11-19(12-10-18)34(30,31)26(5)16(3)4/h8-14,16H,6-7,15H2,1-5H3. The summed E-state index contributed by atoms with van der Waals surface area (Å²) in [5.41, 5.74) is 2.18. The van der Waals surface area contributed by atoms with Crippen molar-refractivity contribution in [3.05, 3.63) is 58.4 Å². The highest BCUT2D eigenvalue weighted by Crippen LogP contribution is 2.21. The summed E-state index contributed by atoms with van der Waals surface area (Å²) < 4.78 is 34.3. The first-order valence-electron chi connectivity index (χ1n) is 11.0. The molecule has 0 N–H and O–H groups in total. The number of aryl methyl sites for hydroxylation is 1. The first kappa shape index (κ1) is 25.8. The van der Waals surface area contributed by atoms with Crippen molar-refractivity contribution in [3.63, 3.8) is 0 Å². The molecule has 0 aliphatic heterocycles. The van der Waals surface area contributed by atoms with Gasteiger partial charge in [-0.2, -0.15) is 9.30 Å². The monoisotopic (exact) mass is 503 g/mol. The smallest absolute Gasteiger partial charge is 0.326 e. The van der Waals surface area contributed by atoms with Gasteiger partial charge in [-0.3, -0.25) is 9.59 Å². The van der Waals surface area contributed by atoms with Gasteiger partial charge in [-0.15, -0.1) is 0 Å². The average molecular weight is 504 g/mol. The summed E-state index contributed by atoms with van der Waals surface area (Å²) in [6, 6.07) is 11.4. The number of hydrogen-bond donors (Lipinski definition) is 0. The van der Waals surface area contributed by atoms with E-state index in [-0.39, 0.29) is 29.7 Å². The van der Waals surface area contributed by atoms with Crippen molar-refractivity contribution in [2.24, 2.45) is 4.99 Å². The molecule has 1 aromatic heterocycles. The van der Waals surface area contributed by atoms with Gasteiger partial charge in [-0.25, -0.2) is 8.42 Å². The lowest BCUT2D eigenvalue weighted by atomic mass is 10.2. The quantitative estimate of drug-likeness (QED) is 0.438. The molecule has 34 heavy (non-hydrogen) atoms. The molecule has 0 radical (unpaired) electrons. The summed E-state index contributed by atoms with van der Waals surface area (Å²) in [6.07, 6.45) is 0.860. The van der Waals surface area contributed by atoms with Crippen molar-refractivity contribution in [1.82, 2.24) is 8.87 Å². The Kier molecular flexibility index (Phi) is 8.06. The topological polar surface area (TPSA) is 98.0 Å². The molecule has 0 spiro atoms. The molecule has 3 aromatic rings. The third-order valence-corrected chi connectivity index (χ3v) is 8.54. The first-order chi connectivity index (χ1) is 16.1. The second kappa shape index (κ2) is 10.6. The van der Waals surface area contributed by atoms with Crippen LogP contribution < -0.4 is 4.80 Å². The van der Waals surface area contributed by atoms with Crippen LogP contribution in [0.1, 0.15) is 43.6 Å². The molecule has 0 unspecified atom stereocenters. The molecular weight excluding hydrogens is 474 g/mol. The normalized spacial score (nSPS) is 12.6. The number of esters is 1. The Morgan fingerprint density at radius 1 is 1.12 bits per heavy atom. The Hall–Kier alpha value is -2.82. The predicted octanol–water partition coefficient (Wildman–Crippen LogP) is 3.60. The summed E-state index contributed by atoms with van der Waals surface area (Å²) in [7, 11) is -2.14. The van der Waals surface area contributed by atoms with E-state index in [2.05, 4.69) is 11.9 Å². The van der Waals surface area contributed by atoms with Crippen LogP contribution in [0.4, 0.5) is 0 Å². The maximum absolute atomic E-state index is 12.9. The minimum atomic E-state index is -3.65. The Morgan fingerprint density at radius 3 is 2.38 bits per heavy atom. The number of fused-ring (bicyclic) bond motifs is 1. The van der Waals surface area contributed by atoms with E-state index in [1.165, 1.54) is 47.0 Å². The van der Waals surface area contributed by atoms with Crippen LogP contribution in [0.3, 0.4) is 0 Å². The molecule has 0 aliphatic carbocycles. The highest BCUT2D eigenvalue weighted by atomic mass is 32.2. The fourth-order valence-corrected chi connectivity index (χ4v) is 5.74. The number of nitrogens with zero attached hydrogens (tertiary/aromatic N) is 3. The fraction of sp³-hybridized carbons (Fsp3) is 0.375. The zero-order valence-corrected chi connectivity index (χ0v) is 21.6. The van der Waals surface area contributed by atoms with Gasteiger partial charge in [0.2, 0.25) is 10.0 Å². The molecule has 10 heteroatoms. The summed E-state index contributed by atoms with van der Waals surface area (Å²) >= 11 is 1.32. The third-order valence-electron chi connectivity index (χ3n) is 5.45. The molecule has 0 aliphatic rings. The molecule has 1 amide bonds. The van der Waals surface area contributed by atoms with Crippen molar-refractivity contribution in [1.29, 1.82) is 0 Å². The van der Waals surface area contributed by atoms with Crippen LogP contribution in [0.15, 0.2) is 52.4 Å². The van der Waals surface area contributed by atoms with Crippen molar-refractivity contribution in [2.75, 3.05) is 13.7 Å². The van der Waals surface area contributed by atoms with Crippen LogP contribution >= 0.6 is 11.3 Å². The van der Waals surface area contributed by atoms with E-state index in [0.29, 0.717) is 4.80 Å². The maximum Gasteiger partial charge on any atom is 0.326 e. The lowest BCUT2D eigenvalue weighted by Crippen LogP contribution is -2.33. The summed E-state index contributed by atoms with van der Waals surface area (Å²) in [6.45, 7) is 7.55. The molecule has 2 aromatic carbocycles. The van der Waals surface area contributed by atoms with Crippen LogP contribution in [0.25, 0.3) is 10.2 Å². The molecule has 8 nitrogen and oxygen atoms in total. The van der Waals surface area contributed by atoms with E-state index in [0.717, 1.165) is 22.2 Å². The number of carbonyl (C=O) groups excluding carboxylic acids is 2. The number of thiazole rings is 1. The summed E-state index contributed by atoms with van der Waals surface area (Å²) in [4.78, 5) is 29.9. The van der Waals surface area contributed by atoms with E-state index in [4.69, 9.17) is 4.74 Å². The Balaban J connectivity index is 2.01. The lowest BCUT2D eigenvalue weighted by Gasteiger charge is -2.20. The second-order valence-corrected chi connectivity index (χ2v) is 11.0. The van der Waals surface area contributed by atoms with Gasteiger partial charge in [0.15, 0.2) is 4.80 Å². The van der Waals surface area contributed by atoms with Crippen molar-refractivity contribution >= 4 is 43.5 Å². The number of benzene rings is 2. The van der Waals surface area contributed by atoms with Crippen LogP contribution in [0.2, 0.25) is 0 Å². The van der Waals surface area contributed by atoms with E-state index in [9.17, 15) is 18.0 Å². The largest absolute Gasteiger partial charge is 0.465 e. The van der Waals surface area contributed by atoms with Crippen molar-refractivity contribution in [2.45, 2.75) is 51.6 Å². The van der Waals surface area contributed by atoms with Gasteiger partial charge in [0.25, 0.3) is 5.91 Å². The fourth-order valence-electron chi connectivity index (χ4n) is 3.28. The van der Waals surface area contributed by atoms with Gasteiger partial charge in [0, 0.05) is 18.7 Å². The van der Waals surface area contributed by atoms with E-state index < -0.39 is 21.9 Å². The highest BCUT2D eigenvalue weighted by Gasteiger charge is 2.23. The number of carbonyl (C=O) groups is 2. The van der Waals surface area contributed by atoms with Gasteiger partial charge in [0.05, 0.1) is 21.7 Å². The molecule has 0 bridgehead atoms. The first-order valence-corrected chi connectivity index (χ1v) is 13.3. The van der Waals surface area contributed by atoms with Crippen LogP contribution in [-0.2, 0) is 32.5 Å². The number of rotatable bonds is 8. The van der Waals surface area contributed by atoms with E-state index >= 15 is 0 Å². The van der Waals surface area contributed by atoms with E-state index in [1.54, 1.807) is 25.3 Å². The number of amides is 1. The highest BCUT2D eigenvalue weighted by molar-refractivity contribution is 7.89. The predicted molar refractivity (Wildman–Crippen MR) is 132 cm³/mol. The number of hydrogen-bond acceptors (Lipinski definition) is 6. The van der Waals surface area contributed by atoms with Crippen molar-refractivity contribution < 1.29 is 22.7 Å². The van der Waals surface area contributed by atoms with Gasteiger partial charge in [0.1, 0.15) is 6.54 Å². The Labute approximate surface area is 203 Å². The van der Waals surface area contributed by atoms with Gasteiger partial charge in [-0.1, -0.05) is 24.3 Å². The Morgan fingerprint density at radius 2 is 1.79 bits per heavy atom. The van der Waals surface area contributed by atoms with Crippen molar-refractivity contribution in [3.8, 4) is 0 Å². The van der Waals surface area contributed by atoms with Crippen LogP contribution in [-0.4, -0.2) is 48.9 Å². The Bertz CT molecular complexity index is 1370. The molecule has 0 fully saturated rings. The number of sulfonamides is 1. The van der Waals surface area contributed by atoms with Gasteiger partial charge < -0.3 is 9.30 Å². The zero-order valence-electron chi connectivity index (χ0n) is 19.9.